The van der Waals surface area contributed by atoms with Crippen molar-refractivity contribution in [3.63, 3.8) is 0 Å². The fourth-order valence-electron chi connectivity index (χ4n) is 3.78. The molecule has 0 aliphatic heterocycles. The molecule has 0 bridgehead atoms. The Morgan fingerprint density at radius 3 is 2.15 bits per heavy atom. The van der Waals surface area contributed by atoms with Gasteiger partial charge in [0, 0.05) is 31.2 Å². The lowest BCUT2D eigenvalue weighted by Gasteiger charge is -2.17. The molecule has 3 rings (SSSR count). The third kappa shape index (κ3) is 5.57. The minimum absolute atomic E-state index is 0.152. The molecule has 0 atom stereocenters. The predicted octanol–water partition coefficient (Wildman–Crippen LogP) is 3.41. The maximum atomic E-state index is 12.9. The van der Waals surface area contributed by atoms with E-state index in [1.165, 1.54) is 0 Å². The van der Waals surface area contributed by atoms with Crippen molar-refractivity contribution in [1.29, 1.82) is 0 Å². The Labute approximate surface area is 194 Å². The molecule has 1 aromatic heterocycles. The van der Waals surface area contributed by atoms with Crippen molar-refractivity contribution in [1.82, 2.24) is 10.3 Å². The number of nitrogens with zero attached hydrogens (tertiary/aromatic N) is 1. The van der Waals surface area contributed by atoms with Gasteiger partial charge in [-0.2, -0.15) is 0 Å². The van der Waals surface area contributed by atoms with Crippen LogP contribution in [0.3, 0.4) is 0 Å². The SMILES string of the molecule is CNc1cccc(-c2cccc(NC(=O)c3cc(C)c(CNC(CO)CO)cn3)c2C)c1C. The number of aromatic nitrogens is 1. The molecule has 1 amide bonds. The number of hydrogen-bond acceptors (Lipinski definition) is 6. The summed E-state index contributed by atoms with van der Waals surface area (Å²) in [4.78, 5) is 17.3. The highest BCUT2D eigenvalue weighted by Gasteiger charge is 2.15. The summed E-state index contributed by atoms with van der Waals surface area (Å²) >= 11 is 0. The van der Waals surface area contributed by atoms with Crippen LogP contribution in [0.5, 0.6) is 0 Å². The number of anilines is 2. The molecule has 2 aromatic carbocycles. The molecular weight excluding hydrogens is 416 g/mol. The van der Waals surface area contributed by atoms with Gasteiger partial charge < -0.3 is 26.2 Å². The standard InChI is InChI=1S/C26H32N4O3/c1-16-11-25(29-13-19(16)12-28-20(14-31)15-32)26(33)30-24-10-6-8-22(18(24)3)21-7-5-9-23(27-4)17(21)2/h5-11,13,20,27-28,31-32H,12,14-15H2,1-4H3,(H,30,33). The lowest BCUT2D eigenvalue weighted by molar-refractivity contribution is 0.102. The Kier molecular flexibility index (Phi) is 8.16. The van der Waals surface area contributed by atoms with E-state index < -0.39 is 0 Å². The lowest BCUT2D eigenvalue weighted by Crippen LogP contribution is -2.35. The van der Waals surface area contributed by atoms with E-state index in [0.717, 1.165) is 44.8 Å². The Bertz CT molecular complexity index is 1130. The van der Waals surface area contributed by atoms with Crippen molar-refractivity contribution >= 4 is 17.3 Å². The van der Waals surface area contributed by atoms with Gasteiger partial charge in [0.1, 0.15) is 5.69 Å². The average molecular weight is 449 g/mol. The monoisotopic (exact) mass is 448 g/mol. The van der Waals surface area contributed by atoms with Gasteiger partial charge in [0.05, 0.1) is 19.3 Å². The second kappa shape index (κ2) is 11.0. The molecule has 33 heavy (non-hydrogen) atoms. The van der Waals surface area contributed by atoms with Crippen LogP contribution in [-0.2, 0) is 6.54 Å². The van der Waals surface area contributed by atoms with Crippen molar-refractivity contribution < 1.29 is 15.0 Å². The van der Waals surface area contributed by atoms with Crippen LogP contribution in [0.25, 0.3) is 11.1 Å². The van der Waals surface area contributed by atoms with E-state index >= 15 is 0 Å². The second-order valence-electron chi connectivity index (χ2n) is 8.10. The van der Waals surface area contributed by atoms with E-state index in [1.54, 1.807) is 12.3 Å². The quantitative estimate of drug-likeness (QED) is 0.344. The minimum Gasteiger partial charge on any atom is -0.395 e. The first-order valence-electron chi connectivity index (χ1n) is 11.0. The zero-order valence-corrected chi connectivity index (χ0v) is 19.6. The number of aryl methyl sites for hydroxylation is 1. The molecule has 1 heterocycles. The zero-order chi connectivity index (χ0) is 24.0. The van der Waals surface area contributed by atoms with Gasteiger partial charge >= 0.3 is 0 Å². The van der Waals surface area contributed by atoms with Crippen molar-refractivity contribution in [2.24, 2.45) is 0 Å². The molecule has 0 spiro atoms. The fourth-order valence-corrected chi connectivity index (χ4v) is 3.78. The predicted molar refractivity (Wildman–Crippen MR) is 133 cm³/mol. The zero-order valence-electron chi connectivity index (χ0n) is 19.6. The summed E-state index contributed by atoms with van der Waals surface area (Å²) in [5, 5.41) is 27.7. The van der Waals surface area contributed by atoms with Crippen molar-refractivity contribution in [3.8, 4) is 11.1 Å². The number of amides is 1. The number of aliphatic hydroxyl groups excluding tert-OH is 2. The normalized spacial score (nSPS) is 11.0. The van der Waals surface area contributed by atoms with Crippen LogP contribution in [0, 0.1) is 20.8 Å². The number of carbonyl (C=O) groups is 1. The van der Waals surface area contributed by atoms with Gasteiger partial charge in [-0.25, -0.2) is 0 Å². The van der Waals surface area contributed by atoms with Gasteiger partial charge in [0.15, 0.2) is 0 Å². The number of carbonyl (C=O) groups excluding carboxylic acids is 1. The van der Waals surface area contributed by atoms with Gasteiger partial charge in [0.25, 0.3) is 5.91 Å². The molecule has 7 heteroatoms. The van der Waals surface area contributed by atoms with Crippen LogP contribution in [0.1, 0.15) is 32.7 Å². The minimum atomic E-state index is -0.389. The number of hydrogen-bond donors (Lipinski definition) is 5. The number of pyridine rings is 1. The Morgan fingerprint density at radius 2 is 1.58 bits per heavy atom. The summed E-state index contributed by atoms with van der Waals surface area (Å²) in [6, 6.07) is 13.4. The molecule has 0 radical (unpaired) electrons. The third-order valence-electron chi connectivity index (χ3n) is 5.95. The summed E-state index contributed by atoms with van der Waals surface area (Å²) in [5.41, 5.74) is 8.26. The van der Waals surface area contributed by atoms with Crippen LogP contribution in [0.4, 0.5) is 11.4 Å². The van der Waals surface area contributed by atoms with E-state index in [2.05, 4.69) is 40.0 Å². The van der Waals surface area contributed by atoms with Crippen LogP contribution < -0.4 is 16.0 Å². The average Bonchev–Trinajstić information content (AvgIpc) is 2.82. The topological polar surface area (TPSA) is 107 Å². The molecule has 174 valence electrons. The first kappa shape index (κ1) is 24.4. The molecule has 5 N–H and O–H groups in total. The Morgan fingerprint density at radius 1 is 0.970 bits per heavy atom. The van der Waals surface area contributed by atoms with Crippen molar-refractivity contribution in [3.05, 3.63) is 76.6 Å². The molecular formula is C26H32N4O3. The molecule has 0 aliphatic rings. The van der Waals surface area contributed by atoms with E-state index in [-0.39, 0.29) is 25.2 Å². The summed E-state index contributed by atoms with van der Waals surface area (Å²) in [7, 11) is 1.91. The Balaban J connectivity index is 1.80. The van der Waals surface area contributed by atoms with Gasteiger partial charge in [-0.15, -0.1) is 0 Å². The van der Waals surface area contributed by atoms with Gasteiger partial charge in [-0.3, -0.25) is 9.78 Å². The van der Waals surface area contributed by atoms with Crippen molar-refractivity contribution in [2.45, 2.75) is 33.4 Å². The van der Waals surface area contributed by atoms with E-state index in [4.69, 9.17) is 0 Å². The van der Waals surface area contributed by atoms with E-state index in [1.807, 2.05) is 45.2 Å². The van der Waals surface area contributed by atoms with Crippen LogP contribution in [0.15, 0.2) is 48.7 Å². The summed E-state index contributed by atoms with van der Waals surface area (Å²) < 4.78 is 0. The summed E-state index contributed by atoms with van der Waals surface area (Å²) in [6.45, 7) is 6.13. The first-order valence-corrected chi connectivity index (χ1v) is 11.0. The highest BCUT2D eigenvalue weighted by Crippen LogP contribution is 2.33. The van der Waals surface area contributed by atoms with Gasteiger partial charge in [-0.05, 0) is 72.4 Å². The molecule has 0 saturated carbocycles. The molecule has 3 aromatic rings. The van der Waals surface area contributed by atoms with E-state index in [0.29, 0.717) is 12.2 Å². The molecule has 0 fully saturated rings. The second-order valence-corrected chi connectivity index (χ2v) is 8.10. The highest BCUT2D eigenvalue weighted by atomic mass is 16.3. The van der Waals surface area contributed by atoms with Crippen LogP contribution >= 0.6 is 0 Å². The lowest BCUT2D eigenvalue weighted by atomic mass is 9.94. The number of nitrogens with one attached hydrogen (secondary N) is 3. The van der Waals surface area contributed by atoms with Crippen molar-refractivity contribution in [2.75, 3.05) is 30.9 Å². The number of benzene rings is 2. The molecule has 0 aliphatic carbocycles. The third-order valence-corrected chi connectivity index (χ3v) is 5.95. The molecule has 0 saturated heterocycles. The van der Waals surface area contributed by atoms with Crippen LogP contribution in [-0.4, -0.2) is 47.4 Å². The first-order chi connectivity index (χ1) is 15.9. The Hall–Kier alpha value is -3.26. The maximum absolute atomic E-state index is 12.9. The van der Waals surface area contributed by atoms with E-state index in [9.17, 15) is 15.0 Å². The smallest absolute Gasteiger partial charge is 0.274 e. The summed E-state index contributed by atoms with van der Waals surface area (Å²) in [6.07, 6.45) is 1.65. The molecule has 7 nitrogen and oxygen atoms in total. The number of rotatable bonds is 9. The molecule has 0 unspecified atom stereocenters. The highest BCUT2D eigenvalue weighted by molar-refractivity contribution is 6.04. The summed E-state index contributed by atoms with van der Waals surface area (Å²) in [5.74, 6) is -0.276. The maximum Gasteiger partial charge on any atom is 0.274 e. The fraction of sp³-hybridized carbons (Fsp3) is 0.308. The van der Waals surface area contributed by atoms with Gasteiger partial charge in [0.2, 0.25) is 0 Å². The van der Waals surface area contributed by atoms with Crippen LogP contribution in [0.2, 0.25) is 0 Å². The number of aliphatic hydroxyl groups is 2. The van der Waals surface area contributed by atoms with Gasteiger partial charge in [-0.1, -0.05) is 24.3 Å². The largest absolute Gasteiger partial charge is 0.395 e.